The van der Waals surface area contributed by atoms with Gasteiger partial charge in [0.05, 0.1) is 5.56 Å². The maximum absolute atomic E-state index is 12.9. The second-order valence-electron chi connectivity index (χ2n) is 6.78. The van der Waals surface area contributed by atoms with Gasteiger partial charge in [-0.1, -0.05) is 48.5 Å². The van der Waals surface area contributed by atoms with E-state index in [9.17, 15) is 13.2 Å². The highest BCUT2D eigenvalue weighted by molar-refractivity contribution is 5.26. The highest BCUT2D eigenvalue weighted by Crippen LogP contribution is 2.30. The van der Waals surface area contributed by atoms with E-state index in [1.54, 1.807) is 6.07 Å². The summed E-state index contributed by atoms with van der Waals surface area (Å²) in [6.07, 6.45) is -3.41. The fraction of sp³-hybridized carbons (Fsp3) is 0.400. The predicted molar refractivity (Wildman–Crippen MR) is 93.3 cm³/mol. The summed E-state index contributed by atoms with van der Waals surface area (Å²) in [4.78, 5) is 2.30. The van der Waals surface area contributed by atoms with Gasteiger partial charge in [-0.05, 0) is 30.5 Å². The molecule has 2 nitrogen and oxygen atoms in total. The molecule has 1 aliphatic heterocycles. The molecule has 2 aromatic rings. The first-order chi connectivity index (χ1) is 11.9. The number of piperazine rings is 1. The van der Waals surface area contributed by atoms with E-state index >= 15 is 0 Å². The third-order valence-electron chi connectivity index (χ3n) is 4.68. The van der Waals surface area contributed by atoms with Crippen molar-refractivity contribution >= 4 is 0 Å². The summed E-state index contributed by atoms with van der Waals surface area (Å²) in [6, 6.07) is 16.5. The number of nitrogens with one attached hydrogen (secondary N) is 1. The molecule has 0 aliphatic carbocycles. The van der Waals surface area contributed by atoms with Crippen LogP contribution >= 0.6 is 0 Å². The van der Waals surface area contributed by atoms with Crippen LogP contribution in [0.5, 0.6) is 0 Å². The molecule has 0 saturated carbocycles. The number of hydrogen-bond acceptors (Lipinski definition) is 2. The van der Waals surface area contributed by atoms with Gasteiger partial charge in [-0.15, -0.1) is 0 Å². The topological polar surface area (TPSA) is 15.3 Å². The number of halogens is 3. The van der Waals surface area contributed by atoms with Crippen LogP contribution in [-0.4, -0.2) is 30.1 Å². The monoisotopic (exact) mass is 348 g/mol. The Kier molecular flexibility index (Phi) is 5.45. The molecule has 2 aromatic carbocycles. The Balaban J connectivity index is 1.75. The van der Waals surface area contributed by atoms with E-state index in [2.05, 4.69) is 29.3 Å². The summed E-state index contributed by atoms with van der Waals surface area (Å²) < 4.78 is 38.8. The lowest BCUT2D eigenvalue weighted by Crippen LogP contribution is -2.55. The van der Waals surface area contributed by atoms with Crippen LogP contribution in [0.4, 0.5) is 13.2 Å². The minimum atomic E-state index is -4.30. The summed E-state index contributed by atoms with van der Waals surface area (Å²) >= 11 is 0. The molecule has 134 valence electrons. The standard InChI is InChI=1S/C20H23F3N2/c1-15-13-25(14-17-8-5-9-18(10-17)20(21,22)23)19(12-24-15)11-16-6-3-2-4-7-16/h2-10,15,19,24H,11-14H2,1H3/t15-,19-/m1/s1. The van der Waals surface area contributed by atoms with E-state index < -0.39 is 11.7 Å². The van der Waals surface area contributed by atoms with E-state index in [-0.39, 0.29) is 6.04 Å². The van der Waals surface area contributed by atoms with Crippen LogP contribution in [0, 0.1) is 0 Å². The van der Waals surface area contributed by atoms with Crippen molar-refractivity contribution in [3.05, 3.63) is 71.3 Å². The Morgan fingerprint density at radius 3 is 2.48 bits per heavy atom. The van der Waals surface area contributed by atoms with Gasteiger partial charge in [0, 0.05) is 31.7 Å². The zero-order valence-electron chi connectivity index (χ0n) is 14.3. The SMILES string of the molecule is C[C@@H]1CN(Cc2cccc(C(F)(F)F)c2)[C@H](Cc2ccccc2)CN1. The summed E-state index contributed by atoms with van der Waals surface area (Å²) in [5, 5.41) is 3.48. The van der Waals surface area contributed by atoms with Crippen LogP contribution in [0.15, 0.2) is 54.6 Å². The summed E-state index contributed by atoms with van der Waals surface area (Å²) in [5.41, 5.74) is 1.38. The van der Waals surface area contributed by atoms with Gasteiger partial charge in [0.1, 0.15) is 0 Å². The van der Waals surface area contributed by atoms with Crippen molar-refractivity contribution in [2.24, 2.45) is 0 Å². The Morgan fingerprint density at radius 1 is 1.04 bits per heavy atom. The molecule has 1 heterocycles. The average molecular weight is 348 g/mol. The van der Waals surface area contributed by atoms with E-state index in [0.717, 1.165) is 25.6 Å². The lowest BCUT2D eigenvalue weighted by molar-refractivity contribution is -0.137. The van der Waals surface area contributed by atoms with Crippen molar-refractivity contribution in [1.82, 2.24) is 10.2 Å². The largest absolute Gasteiger partial charge is 0.416 e. The quantitative estimate of drug-likeness (QED) is 0.894. The zero-order chi connectivity index (χ0) is 17.9. The summed E-state index contributed by atoms with van der Waals surface area (Å²) in [6.45, 7) is 4.31. The lowest BCUT2D eigenvalue weighted by atomic mass is 10.00. The number of rotatable bonds is 4. The highest BCUT2D eigenvalue weighted by Gasteiger charge is 2.31. The Bertz CT molecular complexity index is 685. The molecule has 5 heteroatoms. The number of nitrogens with zero attached hydrogens (tertiary/aromatic N) is 1. The molecule has 0 unspecified atom stereocenters. The normalized spacial score (nSPS) is 22.1. The van der Waals surface area contributed by atoms with Gasteiger partial charge in [0.25, 0.3) is 0 Å². The van der Waals surface area contributed by atoms with Crippen LogP contribution in [0.25, 0.3) is 0 Å². The minimum Gasteiger partial charge on any atom is -0.311 e. The van der Waals surface area contributed by atoms with Crippen molar-refractivity contribution in [3.63, 3.8) is 0 Å². The maximum atomic E-state index is 12.9. The molecule has 0 bridgehead atoms. The second kappa shape index (κ2) is 7.58. The molecule has 1 N–H and O–H groups in total. The number of benzene rings is 2. The molecule has 0 aromatic heterocycles. The Labute approximate surface area is 146 Å². The molecular weight excluding hydrogens is 325 g/mol. The van der Waals surface area contributed by atoms with Gasteiger partial charge in [-0.3, -0.25) is 4.90 Å². The molecule has 0 amide bonds. The van der Waals surface area contributed by atoms with Crippen LogP contribution < -0.4 is 5.32 Å². The molecular formula is C20H23F3N2. The van der Waals surface area contributed by atoms with Crippen LogP contribution in [-0.2, 0) is 19.1 Å². The zero-order valence-corrected chi connectivity index (χ0v) is 14.3. The van der Waals surface area contributed by atoms with Gasteiger partial charge in [0.15, 0.2) is 0 Å². The van der Waals surface area contributed by atoms with Crippen LogP contribution in [0.1, 0.15) is 23.6 Å². The minimum absolute atomic E-state index is 0.271. The molecule has 1 fully saturated rings. The van der Waals surface area contributed by atoms with Gasteiger partial charge in [-0.2, -0.15) is 13.2 Å². The van der Waals surface area contributed by atoms with Crippen molar-refractivity contribution in [2.45, 2.75) is 38.1 Å². The lowest BCUT2D eigenvalue weighted by Gasteiger charge is -2.39. The van der Waals surface area contributed by atoms with Crippen LogP contribution in [0.3, 0.4) is 0 Å². The maximum Gasteiger partial charge on any atom is 0.416 e. The van der Waals surface area contributed by atoms with E-state index in [0.29, 0.717) is 18.2 Å². The Hall–Kier alpha value is -1.85. The van der Waals surface area contributed by atoms with Gasteiger partial charge < -0.3 is 5.32 Å². The number of alkyl halides is 3. The highest BCUT2D eigenvalue weighted by atomic mass is 19.4. The van der Waals surface area contributed by atoms with E-state index in [4.69, 9.17) is 0 Å². The molecule has 0 spiro atoms. The fourth-order valence-corrected chi connectivity index (χ4v) is 3.39. The van der Waals surface area contributed by atoms with E-state index in [1.165, 1.54) is 17.7 Å². The fourth-order valence-electron chi connectivity index (χ4n) is 3.39. The van der Waals surface area contributed by atoms with Crippen molar-refractivity contribution < 1.29 is 13.2 Å². The first-order valence-electron chi connectivity index (χ1n) is 8.59. The third kappa shape index (κ3) is 4.83. The third-order valence-corrected chi connectivity index (χ3v) is 4.68. The summed E-state index contributed by atoms with van der Waals surface area (Å²) in [5.74, 6) is 0. The second-order valence-corrected chi connectivity index (χ2v) is 6.78. The number of hydrogen-bond donors (Lipinski definition) is 1. The van der Waals surface area contributed by atoms with E-state index in [1.807, 2.05) is 18.2 Å². The Morgan fingerprint density at radius 2 is 1.76 bits per heavy atom. The van der Waals surface area contributed by atoms with Gasteiger partial charge in [-0.25, -0.2) is 0 Å². The van der Waals surface area contributed by atoms with Crippen molar-refractivity contribution in [2.75, 3.05) is 13.1 Å². The summed E-state index contributed by atoms with van der Waals surface area (Å²) in [7, 11) is 0. The van der Waals surface area contributed by atoms with Gasteiger partial charge >= 0.3 is 6.18 Å². The van der Waals surface area contributed by atoms with Crippen molar-refractivity contribution in [1.29, 1.82) is 0 Å². The smallest absolute Gasteiger partial charge is 0.311 e. The molecule has 1 saturated heterocycles. The molecule has 2 atom stereocenters. The first kappa shape index (κ1) is 18.0. The van der Waals surface area contributed by atoms with Crippen molar-refractivity contribution in [3.8, 4) is 0 Å². The molecule has 0 radical (unpaired) electrons. The molecule has 3 rings (SSSR count). The average Bonchev–Trinajstić information content (AvgIpc) is 2.58. The predicted octanol–water partition coefficient (Wildman–Crippen LogP) is 4.11. The van der Waals surface area contributed by atoms with Gasteiger partial charge in [0.2, 0.25) is 0 Å². The molecule has 1 aliphatic rings. The van der Waals surface area contributed by atoms with Crippen LogP contribution in [0.2, 0.25) is 0 Å². The molecule has 25 heavy (non-hydrogen) atoms. The first-order valence-corrected chi connectivity index (χ1v) is 8.59.